The van der Waals surface area contributed by atoms with Crippen LogP contribution in [0.4, 0.5) is 5.69 Å². The normalized spacial score (nSPS) is 12.7. The maximum atomic E-state index is 11.6. The molecule has 0 heterocycles. The van der Waals surface area contributed by atoms with Gasteiger partial charge in [0, 0.05) is 12.1 Å². The van der Waals surface area contributed by atoms with E-state index in [-0.39, 0.29) is 11.3 Å². The molecule has 1 N–H and O–H groups in total. The molecule has 0 spiro atoms. The number of carbonyl (C=O) groups is 1. The van der Waals surface area contributed by atoms with Crippen LogP contribution >= 0.6 is 23.2 Å². The molecule has 0 aliphatic heterocycles. The fourth-order valence-electron chi connectivity index (χ4n) is 1.84. The average molecular weight is 413 g/mol. The van der Waals surface area contributed by atoms with E-state index in [2.05, 4.69) is 15.0 Å². The molecule has 1 amide bonds. The van der Waals surface area contributed by atoms with Crippen molar-refractivity contribution in [3.05, 3.63) is 60.2 Å². The second-order valence-corrected chi connectivity index (χ2v) is 5.63. The van der Waals surface area contributed by atoms with Gasteiger partial charge >= 0.3 is 0 Å². The molecule has 26 heavy (non-hydrogen) atoms. The third-order valence-electron chi connectivity index (χ3n) is 2.88. The lowest BCUT2D eigenvalue weighted by Crippen LogP contribution is -2.46. The number of benzene rings is 1. The smallest absolute Gasteiger partial charge is 0.295 e. The van der Waals surface area contributed by atoms with Gasteiger partial charge in [-0.15, -0.1) is 20.2 Å². The van der Waals surface area contributed by atoms with Gasteiger partial charge in [0.15, 0.2) is 10.9 Å². The predicted octanol–water partition coefficient (Wildman–Crippen LogP) is 1.34. The summed E-state index contributed by atoms with van der Waals surface area (Å²) < 4.78 is 0. The number of alkyl halides is 2. The van der Waals surface area contributed by atoms with Crippen LogP contribution < -0.4 is 5.32 Å². The minimum absolute atomic E-state index is 0.00485. The fourth-order valence-corrected chi connectivity index (χ4v) is 1.96. The van der Waals surface area contributed by atoms with Gasteiger partial charge in [0.2, 0.25) is 0 Å². The molecule has 0 saturated carbocycles. The molecule has 142 valence electrons. The Balaban J connectivity index is 3.18. The summed E-state index contributed by atoms with van der Waals surface area (Å²) in [4.78, 5) is 49.8. The van der Waals surface area contributed by atoms with E-state index in [9.17, 15) is 35.1 Å². The summed E-state index contributed by atoms with van der Waals surface area (Å²) in [5, 5.41) is 31.6. The van der Waals surface area contributed by atoms with Gasteiger partial charge in [-0.3, -0.25) is 14.9 Å². The van der Waals surface area contributed by atoms with E-state index < -0.39 is 44.6 Å². The molecule has 0 radical (unpaired) electrons. The molecule has 2 atom stereocenters. The zero-order valence-corrected chi connectivity index (χ0v) is 14.0. The first-order valence-corrected chi connectivity index (χ1v) is 7.40. The zero-order valence-electron chi connectivity index (χ0n) is 12.5. The highest BCUT2D eigenvalue weighted by Gasteiger charge is 2.31. The van der Waals surface area contributed by atoms with Crippen molar-refractivity contribution in [2.45, 2.75) is 17.0 Å². The SMILES string of the molecule is O=C(N[C@H](CO[N+](=O)[O-])[C@H](O[N+](=O)[O-])c1ccc([N+](=O)[O-])cc1)C(Cl)Cl. The van der Waals surface area contributed by atoms with Gasteiger partial charge in [-0.1, -0.05) is 23.2 Å². The van der Waals surface area contributed by atoms with Crippen LogP contribution in [-0.4, -0.2) is 38.5 Å². The van der Waals surface area contributed by atoms with Crippen LogP contribution in [0.2, 0.25) is 0 Å². The van der Waals surface area contributed by atoms with Gasteiger partial charge in [-0.25, -0.2) is 0 Å². The Morgan fingerprint density at radius 3 is 2.08 bits per heavy atom. The summed E-state index contributed by atoms with van der Waals surface area (Å²) in [7, 11) is 0. The van der Waals surface area contributed by atoms with Crippen LogP contribution in [0.1, 0.15) is 11.7 Å². The van der Waals surface area contributed by atoms with Gasteiger partial charge in [0.1, 0.15) is 6.61 Å². The molecule has 0 bridgehead atoms. The van der Waals surface area contributed by atoms with Crippen LogP contribution in [-0.2, 0) is 14.5 Å². The number of halogens is 2. The summed E-state index contributed by atoms with van der Waals surface area (Å²) in [6.45, 7) is -0.839. The van der Waals surface area contributed by atoms with E-state index in [0.29, 0.717) is 0 Å². The van der Waals surface area contributed by atoms with E-state index in [1.54, 1.807) is 0 Å². The number of nitrogens with zero attached hydrogens (tertiary/aromatic N) is 3. The van der Waals surface area contributed by atoms with Crippen LogP contribution in [0.5, 0.6) is 0 Å². The zero-order chi connectivity index (χ0) is 19.9. The van der Waals surface area contributed by atoms with E-state index in [0.717, 1.165) is 24.3 Å². The van der Waals surface area contributed by atoms with Crippen LogP contribution in [0.15, 0.2) is 24.3 Å². The summed E-state index contributed by atoms with van der Waals surface area (Å²) in [5.41, 5.74) is -0.303. The summed E-state index contributed by atoms with van der Waals surface area (Å²) >= 11 is 10.8. The molecular weight excluding hydrogens is 403 g/mol. The second kappa shape index (κ2) is 9.53. The largest absolute Gasteiger partial charge is 0.346 e. The number of nitro benzene ring substituents is 1. The third-order valence-corrected chi connectivity index (χ3v) is 3.28. The van der Waals surface area contributed by atoms with Crippen LogP contribution in [0.3, 0.4) is 0 Å². The fraction of sp³-hybridized carbons (Fsp3) is 0.364. The lowest BCUT2D eigenvalue weighted by molar-refractivity contribution is -0.777. The van der Waals surface area contributed by atoms with Crippen molar-refractivity contribution in [1.29, 1.82) is 0 Å². The van der Waals surface area contributed by atoms with E-state index in [4.69, 9.17) is 23.2 Å². The number of nitro groups is 1. The Labute approximate surface area is 154 Å². The Morgan fingerprint density at radius 2 is 1.65 bits per heavy atom. The average Bonchev–Trinajstić information content (AvgIpc) is 2.56. The van der Waals surface area contributed by atoms with Gasteiger partial charge in [0.25, 0.3) is 21.8 Å². The molecule has 1 aromatic carbocycles. The van der Waals surface area contributed by atoms with E-state index in [1.165, 1.54) is 0 Å². The minimum atomic E-state index is -1.60. The lowest BCUT2D eigenvalue weighted by atomic mass is 10.0. The number of hydrogen-bond donors (Lipinski definition) is 1. The molecule has 1 rings (SSSR count). The summed E-state index contributed by atoms with van der Waals surface area (Å²) in [5.74, 6) is -1.01. The molecule has 13 nitrogen and oxygen atoms in total. The number of nitrogens with one attached hydrogen (secondary N) is 1. The topological polar surface area (TPSA) is 177 Å². The molecule has 0 aliphatic rings. The predicted molar refractivity (Wildman–Crippen MR) is 84.3 cm³/mol. The van der Waals surface area contributed by atoms with Gasteiger partial charge in [-0.05, 0) is 17.7 Å². The van der Waals surface area contributed by atoms with Gasteiger partial charge in [-0.2, -0.15) is 0 Å². The second-order valence-electron chi connectivity index (χ2n) is 4.53. The summed E-state index contributed by atoms with van der Waals surface area (Å²) in [6, 6.07) is 2.85. The van der Waals surface area contributed by atoms with Crippen molar-refractivity contribution in [1.82, 2.24) is 5.32 Å². The highest BCUT2D eigenvalue weighted by atomic mass is 35.5. The number of carbonyl (C=O) groups excluding carboxylic acids is 1. The van der Waals surface area contributed by atoms with Crippen LogP contribution in [0.25, 0.3) is 0 Å². The van der Waals surface area contributed by atoms with Gasteiger partial charge in [0.05, 0.1) is 11.0 Å². The standard InChI is InChI=1S/C11H10Cl2N4O9/c12-10(13)11(18)14-8(5-25-16(21)22)9(26-17(23)24)6-1-3-7(4-2-6)15(19)20/h1-4,8-10H,5H2,(H,14,18)/t8-,9-/m1/s1. The first-order valence-electron chi connectivity index (χ1n) is 6.53. The quantitative estimate of drug-likeness (QED) is 0.337. The van der Waals surface area contributed by atoms with E-state index in [1.807, 2.05) is 0 Å². The third kappa shape index (κ3) is 6.52. The highest BCUT2D eigenvalue weighted by molar-refractivity contribution is 6.53. The lowest BCUT2D eigenvalue weighted by Gasteiger charge is -2.26. The first kappa shape index (κ1) is 21.1. The highest BCUT2D eigenvalue weighted by Crippen LogP contribution is 2.25. The molecule has 0 unspecified atom stereocenters. The molecule has 0 aliphatic carbocycles. The van der Waals surface area contributed by atoms with Gasteiger partial charge < -0.3 is 15.0 Å². The maximum Gasteiger partial charge on any atom is 0.295 e. The number of rotatable bonds is 10. The van der Waals surface area contributed by atoms with Crippen molar-refractivity contribution < 1.29 is 29.6 Å². The number of amides is 1. The molecule has 1 aromatic rings. The Hall–Kier alpha value is -2.93. The minimum Gasteiger partial charge on any atom is -0.346 e. The molecule has 0 saturated heterocycles. The van der Waals surface area contributed by atoms with Crippen molar-refractivity contribution in [3.8, 4) is 0 Å². The Kier molecular flexibility index (Phi) is 7.74. The van der Waals surface area contributed by atoms with Crippen molar-refractivity contribution in [3.63, 3.8) is 0 Å². The maximum absolute atomic E-state index is 11.6. The van der Waals surface area contributed by atoms with E-state index >= 15 is 0 Å². The number of hydrogen-bond acceptors (Lipinski definition) is 9. The molecule has 15 heteroatoms. The summed E-state index contributed by atoms with van der Waals surface area (Å²) in [6.07, 6.45) is -1.60. The van der Waals surface area contributed by atoms with Crippen molar-refractivity contribution in [2.75, 3.05) is 6.61 Å². The molecule has 0 fully saturated rings. The first-order chi connectivity index (χ1) is 12.1. The van der Waals surface area contributed by atoms with Crippen LogP contribution in [0, 0.1) is 30.3 Å². The molecule has 0 aromatic heterocycles. The Morgan fingerprint density at radius 1 is 1.08 bits per heavy atom. The molecular formula is C11H10Cl2N4O9. The number of non-ortho nitro benzene ring substituents is 1. The Bertz CT molecular complexity index is 685. The monoisotopic (exact) mass is 412 g/mol. The van der Waals surface area contributed by atoms with Crippen molar-refractivity contribution in [2.24, 2.45) is 0 Å². The van der Waals surface area contributed by atoms with Crippen molar-refractivity contribution >= 4 is 34.8 Å².